The molecule has 4 aromatic rings. The number of halogens is 2. The summed E-state index contributed by atoms with van der Waals surface area (Å²) >= 11 is 0. The second kappa shape index (κ2) is 7.62. The lowest BCUT2D eigenvalue weighted by Crippen LogP contribution is -2.17. The second-order valence-electron chi connectivity index (χ2n) is 6.43. The molecular formula is C21H12F2N4O3S. The van der Waals surface area contributed by atoms with Crippen LogP contribution in [0.2, 0.25) is 0 Å². The van der Waals surface area contributed by atoms with Crippen molar-refractivity contribution in [1.82, 2.24) is 9.97 Å². The minimum absolute atomic E-state index is 0.0178. The lowest BCUT2D eigenvalue weighted by Gasteiger charge is -2.12. The first-order chi connectivity index (χ1) is 14.8. The predicted octanol–water partition coefficient (Wildman–Crippen LogP) is 3.74. The fourth-order valence-electron chi connectivity index (χ4n) is 3.11. The summed E-state index contributed by atoms with van der Waals surface area (Å²) in [6.07, 6.45) is 2.77. The van der Waals surface area contributed by atoms with Crippen molar-refractivity contribution in [2.75, 3.05) is 4.72 Å². The lowest BCUT2D eigenvalue weighted by molar-refractivity contribution is 0.103. The maximum absolute atomic E-state index is 15.1. The van der Waals surface area contributed by atoms with Crippen molar-refractivity contribution in [2.45, 2.75) is 4.90 Å². The number of benzene rings is 2. The SMILES string of the molecule is N#Cc1ccccc1S(=O)(=O)Nc1ccc(F)c(C(=O)c2c[nH]c3ncccc23)c1F. The number of aromatic amines is 1. The summed E-state index contributed by atoms with van der Waals surface area (Å²) in [5, 5.41) is 9.49. The number of H-pyrrole nitrogens is 1. The van der Waals surface area contributed by atoms with E-state index in [1.165, 1.54) is 36.7 Å². The number of nitriles is 1. The third-order valence-corrected chi connectivity index (χ3v) is 5.98. The number of carbonyl (C=O) groups is 1. The highest BCUT2D eigenvalue weighted by molar-refractivity contribution is 7.92. The number of fused-ring (bicyclic) bond motifs is 1. The van der Waals surface area contributed by atoms with E-state index in [2.05, 4.69) is 9.97 Å². The summed E-state index contributed by atoms with van der Waals surface area (Å²) in [6.45, 7) is 0. The molecule has 2 aromatic carbocycles. The number of sulfonamides is 1. The highest BCUT2D eigenvalue weighted by Crippen LogP contribution is 2.28. The van der Waals surface area contributed by atoms with E-state index >= 15 is 4.39 Å². The highest BCUT2D eigenvalue weighted by Gasteiger charge is 2.27. The van der Waals surface area contributed by atoms with Gasteiger partial charge in [0.15, 0.2) is 5.82 Å². The molecule has 0 bridgehead atoms. The first kappa shape index (κ1) is 20.2. The molecule has 7 nitrogen and oxygen atoms in total. The van der Waals surface area contributed by atoms with E-state index in [0.717, 1.165) is 12.1 Å². The van der Waals surface area contributed by atoms with Gasteiger partial charge in [0.25, 0.3) is 10.0 Å². The molecule has 0 radical (unpaired) electrons. The van der Waals surface area contributed by atoms with Crippen LogP contribution in [0.3, 0.4) is 0 Å². The van der Waals surface area contributed by atoms with Gasteiger partial charge in [-0.3, -0.25) is 9.52 Å². The smallest absolute Gasteiger partial charge is 0.263 e. The van der Waals surface area contributed by atoms with Crippen LogP contribution in [0.25, 0.3) is 11.0 Å². The van der Waals surface area contributed by atoms with E-state index in [1.54, 1.807) is 18.2 Å². The first-order valence-corrected chi connectivity index (χ1v) is 10.3. The number of rotatable bonds is 5. The largest absolute Gasteiger partial charge is 0.345 e. The van der Waals surface area contributed by atoms with Gasteiger partial charge in [0, 0.05) is 23.3 Å². The molecule has 0 saturated carbocycles. The Morgan fingerprint density at radius 1 is 1.10 bits per heavy atom. The van der Waals surface area contributed by atoms with Gasteiger partial charge < -0.3 is 4.98 Å². The molecule has 154 valence electrons. The van der Waals surface area contributed by atoms with Crippen molar-refractivity contribution in [3.8, 4) is 6.07 Å². The van der Waals surface area contributed by atoms with E-state index in [9.17, 15) is 17.6 Å². The minimum Gasteiger partial charge on any atom is -0.345 e. The Morgan fingerprint density at radius 2 is 1.87 bits per heavy atom. The molecule has 0 atom stereocenters. The van der Waals surface area contributed by atoms with Crippen molar-refractivity contribution in [2.24, 2.45) is 0 Å². The number of carbonyl (C=O) groups excluding carboxylic acids is 1. The molecule has 2 heterocycles. The first-order valence-electron chi connectivity index (χ1n) is 8.80. The topological polar surface area (TPSA) is 116 Å². The molecule has 2 N–H and O–H groups in total. The molecule has 10 heteroatoms. The minimum atomic E-state index is -4.38. The van der Waals surface area contributed by atoms with Crippen molar-refractivity contribution < 1.29 is 22.0 Å². The van der Waals surface area contributed by atoms with Gasteiger partial charge in [0.1, 0.15) is 22.4 Å². The predicted molar refractivity (Wildman–Crippen MR) is 108 cm³/mol. The van der Waals surface area contributed by atoms with Crippen molar-refractivity contribution >= 4 is 32.5 Å². The number of aromatic nitrogens is 2. The van der Waals surface area contributed by atoms with Gasteiger partial charge in [-0.1, -0.05) is 12.1 Å². The van der Waals surface area contributed by atoms with Crippen LogP contribution in [0.1, 0.15) is 21.5 Å². The molecule has 0 amide bonds. The van der Waals surface area contributed by atoms with Crippen LogP contribution in [-0.4, -0.2) is 24.2 Å². The standard InChI is InChI=1S/C21H12F2N4O3S/c22-15-7-8-16(27-31(29,30)17-6-2-1-4-12(17)10-24)19(23)18(15)20(28)14-11-26-21-13(14)5-3-9-25-21/h1-9,11,27H,(H,25,26). The van der Waals surface area contributed by atoms with E-state index < -0.39 is 38.7 Å². The monoisotopic (exact) mass is 438 g/mol. The fourth-order valence-corrected chi connectivity index (χ4v) is 4.33. The molecule has 0 unspecified atom stereocenters. The summed E-state index contributed by atoms with van der Waals surface area (Å²) in [5.74, 6) is -3.50. The Balaban J connectivity index is 1.78. The van der Waals surface area contributed by atoms with Crippen molar-refractivity contribution in [3.63, 3.8) is 0 Å². The van der Waals surface area contributed by atoms with Gasteiger partial charge >= 0.3 is 0 Å². The van der Waals surface area contributed by atoms with Gasteiger partial charge in [-0.2, -0.15) is 5.26 Å². The van der Waals surface area contributed by atoms with Gasteiger partial charge in [-0.25, -0.2) is 22.2 Å². The molecule has 0 aliphatic carbocycles. The molecule has 31 heavy (non-hydrogen) atoms. The quantitative estimate of drug-likeness (QED) is 0.461. The third-order valence-electron chi connectivity index (χ3n) is 4.56. The van der Waals surface area contributed by atoms with E-state index in [-0.39, 0.29) is 16.0 Å². The van der Waals surface area contributed by atoms with Gasteiger partial charge in [-0.05, 0) is 36.4 Å². The Hall–Kier alpha value is -4.10. The Kier molecular flexibility index (Phi) is 4.96. The number of hydrogen-bond donors (Lipinski definition) is 2. The highest BCUT2D eigenvalue weighted by atomic mass is 32.2. The van der Waals surface area contributed by atoms with Crippen LogP contribution in [0.5, 0.6) is 0 Å². The van der Waals surface area contributed by atoms with Crippen LogP contribution in [0.4, 0.5) is 14.5 Å². The zero-order valence-corrected chi connectivity index (χ0v) is 16.4. The van der Waals surface area contributed by atoms with Crippen LogP contribution >= 0.6 is 0 Å². The number of nitrogens with one attached hydrogen (secondary N) is 2. The molecule has 0 spiro atoms. The van der Waals surface area contributed by atoms with Gasteiger partial charge in [-0.15, -0.1) is 0 Å². The number of hydrogen-bond acceptors (Lipinski definition) is 5. The fraction of sp³-hybridized carbons (Fsp3) is 0. The van der Waals surface area contributed by atoms with E-state index in [0.29, 0.717) is 11.0 Å². The second-order valence-corrected chi connectivity index (χ2v) is 8.08. The maximum atomic E-state index is 15.1. The van der Waals surface area contributed by atoms with Crippen LogP contribution in [0, 0.1) is 23.0 Å². The zero-order valence-electron chi connectivity index (χ0n) is 15.6. The zero-order chi connectivity index (χ0) is 22.2. The Morgan fingerprint density at radius 3 is 2.65 bits per heavy atom. The van der Waals surface area contributed by atoms with Gasteiger partial charge in [0.05, 0.1) is 16.8 Å². The van der Waals surface area contributed by atoms with Crippen LogP contribution < -0.4 is 4.72 Å². The number of pyridine rings is 1. The van der Waals surface area contributed by atoms with E-state index in [4.69, 9.17) is 5.26 Å². The molecular weight excluding hydrogens is 426 g/mol. The summed E-state index contributed by atoms with van der Waals surface area (Å²) in [4.78, 5) is 19.3. The van der Waals surface area contributed by atoms with Crippen LogP contribution in [0.15, 0.2) is 65.8 Å². The average molecular weight is 438 g/mol. The van der Waals surface area contributed by atoms with Crippen molar-refractivity contribution in [1.29, 1.82) is 5.26 Å². The summed E-state index contributed by atoms with van der Waals surface area (Å²) in [5.41, 5.74) is -1.36. The third kappa shape index (κ3) is 3.51. The number of ketones is 1. The van der Waals surface area contributed by atoms with Gasteiger partial charge in [0.2, 0.25) is 5.78 Å². The molecule has 4 rings (SSSR count). The molecule has 2 aromatic heterocycles. The Bertz CT molecular complexity index is 1490. The molecule has 0 aliphatic heterocycles. The number of anilines is 1. The average Bonchev–Trinajstić information content (AvgIpc) is 3.20. The normalized spacial score (nSPS) is 11.3. The molecule has 0 aliphatic rings. The molecule has 0 fully saturated rings. The molecule has 0 saturated heterocycles. The summed E-state index contributed by atoms with van der Waals surface area (Å²) in [6, 6.07) is 11.9. The van der Waals surface area contributed by atoms with Crippen LogP contribution in [-0.2, 0) is 10.0 Å². The lowest BCUT2D eigenvalue weighted by atomic mass is 10.0. The van der Waals surface area contributed by atoms with E-state index in [1.807, 2.05) is 4.72 Å². The van der Waals surface area contributed by atoms with Crippen molar-refractivity contribution in [3.05, 3.63) is 89.2 Å². The summed E-state index contributed by atoms with van der Waals surface area (Å²) < 4.78 is 56.9. The number of nitrogens with zero attached hydrogens (tertiary/aromatic N) is 2. The summed E-state index contributed by atoms with van der Waals surface area (Å²) in [7, 11) is -4.38. The maximum Gasteiger partial charge on any atom is 0.263 e. The Labute approximate surface area is 175 Å².